The summed E-state index contributed by atoms with van der Waals surface area (Å²) < 4.78 is 42.4. The van der Waals surface area contributed by atoms with Gasteiger partial charge in [-0.1, -0.05) is 23.4 Å². The lowest BCUT2D eigenvalue weighted by atomic mass is 10.1. The van der Waals surface area contributed by atoms with Crippen molar-refractivity contribution in [3.8, 4) is 0 Å². The normalized spacial score (nSPS) is 11.1. The number of nitrogens with one attached hydrogen (secondary N) is 2. The van der Waals surface area contributed by atoms with E-state index in [1.54, 1.807) is 0 Å². The maximum atomic E-state index is 12.5. The van der Waals surface area contributed by atoms with E-state index in [1.165, 1.54) is 0 Å². The number of carboxylic acids is 1. The molecule has 0 amide bonds. The number of benzene rings is 1. The van der Waals surface area contributed by atoms with E-state index >= 15 is 0 Å². The zero-order valence-electron chi connectivity index (χ0n) is 11.5. The van der Waals surface area contributed by atoms with Crippen molar-refractivity contribution in [2.75, 3.05) is 5.75 Å². The quantitative estimate of drug-likeness (QED) is 0.411. The molecule has 10 heteroatoms. The fourth-order valence-electron chi connectivity index (χ4n) is 1.44. The Hall–Kier alpha value is -1.74. The van der Waals surface area contributed by atoms with Crippen molar-refractivity contribution in [2.24, 2.45) is 0 Å². The van der Waals surface area contributed by atoms with Gasteiger partial charge in [0.15, 0.2) is 0 Å². The van der Waals surface area contributed by atoms with Gasteiger partial charge in [0.25, 0.3) is 0 Å². The number of halogens is 4. The molecule has 0 bridgehead atoms. The highest BCUT2D eigenvalue weighted by Gasteiger charge is 2.31. The van der Waals surface area contributed by atoms with Crippen LogP contribution in [-0.4, -0.2) is 28.0 Å². The molecule has 0 fully saturated rings. The van der Waals surface area contributed by atoms with Gasteiger partial charge in [0.1, 0.15) is 0 Å². The first-order valence-corrected chi connectivity index (χ1v) is 7.54. The topological polar surface area (TPSA) is 94.2 Å². The van der Waals surface area contributed by atoms with E-state index in [4.69, 9.17) is 32.3 Å². The minimum atomic E-state index is -4.54. The predicted molar refractivity (Wildman–Crippen MR) is 81.4 cm³/mol. The van der Waals surface area contributed by atoms with Gasteiger partial charge in [-0.25, -0.2) is 0 Å². The van der Waals surface area contributed by atoms with E-state index in [-0.39, 0.29) is 22.2 Å². The number of ether oxygens (including phenoxy) is 1. The lowest BCUT2D eigenvalue weighted by Crippen LogP contribution is -2.12. The van der Waals surface area contributed by atoms with E-state index in [2.05, 4.69) is 0 Å². The highest BCUT2D eigenvalue weighted by Crippen LogP contribution is 2.32. The van der Waals surface area contributed by atoms with Gasteiger partial charge in [0, 0.05) is 12.2 Å². The summed E-state index contributed by atoms with van der Waals surface area (Å²) in [4.78, 5) is 10.3. The Morgan fingerprint density at radius 3 is 2.52 bits per heavy atom. The van der Waals surface area contributed by atoms with E-state index in [9.17, 15) is 18.0 Å². The first-order valence-electron chi connectivity index (χ1n) is 6.18. The molecule has 0 aliphatic carbocycles. The third kappa shape index (κ3) is 6.49. The van der Waals surface area contributed by atoms with Crippen molar-refractivity contribution in [1.82, 2.24) is 0 Å². The van der Waals surface area contributed by atoms with E-state index in [0.717, 1.165) is 23.9 Å². The molecule has 0 unspecified atom stereocenters. The fourth-order valence-corrected chi connectivity index (χ4v) is 2.32. The molecule has 5 nitrogen and oxygen atoms in total. The van der Waals surface area contributed by atoms with Crippen LogP contribution in [0.15, 0.2) is 18.2 Å². The van der Waals surface area contributed by atoms with Gasteiger partial charge in [-0.3, -0.25) is 15.6 Å². The Morgan fingerprint density at radius 1 is 1.35 bits per heavy atom. The Labute approximate surface area is 138 Å². The number of aliphatic carboxylic acids is 1. The van der Waals surface area contributed by atoms with Gasteiger partial charge in [0.2, 0.25) is 11.1 Å². The van der Waals surface area contributed by atoms with Crippen molar-refractivity contribution in [3.05, 3.63) is 34.3 Å². The van der Waals surface area contributed by atoms with Crippen LogP contribution in [0.2, 0.25) is 5.02 Å². The second-order valence-electron chi connectivity index (χ2n) is 4.26. The number of alkyl halides is 3. The van der Waals surface area contributed by atoms with Gasteiger partial charge in [-0.05, 0) is 24.6 Å². The minimum absolute atomic E-state index is 0.0531. The highest BCUT2D eigenvalue weighted by molar-refractivity contribution is 8.13. The number of hydrogen-bond donors (Lipinski definition) is 3. The van der Waals surface area contributed by atoms with Crippen molar-refractivity contribution in [3.63, 3.8) is 0 Å². The second-order valence-corrected chi connectivity index (χ2v) is 5.73. The molecule has 0 aliphatic rings. The minimum Gasteiger partial charge on any atom is -0.481 e. The van der Waals surface area contributed by atoms with Crippen molar-refractivity contribution in [2.45, 2.75) is 19.0 Å². The number of thioether (sulfide) groups is 1. The summed E-state index contributed by atoms with van der Waals surface area (Å²) in [5, 5.41) is 22.9. The van der Waals surface area contributed by atoms with Crippen LogP contribution in [0.25, 0.3) is 0 Å². The number of rotatable bonds is 5. The van der Waals surface area contributed by atoms with Crippen molar-refractivity contribution in [1.29, 1.82) is 10.8 Å². The molecular formula is C13H12ClF3N2O3S. The lowest BCUT2D eigenvalue weighted by Gasteiger charge is -2.11. The van der Waals surface area contributed by atoms with E-state index < -0.39 is 23.6 Å². The summed E-state index contributed by atoms with van der Waals surface area (Å²) in [7, 11) is 0. The Morgan fingerprint density at radius 2 is 2.00 bits per heavy atom. The summed E-state index contributed by atoms with van der Waals surface area (Å²) in [6.07, 6.45) is -4.28. The molecule has 0 heterocycles. The van der Waals surface area contributed by atoms with Crippen LogP contribution < -0.4 is 0 Å². The van der Waals surface area contributed by atoms with Crippen LogP contribution >= 0.6 is 23.4 Å². The maximum Gasteiger partial charge on any atom is 0.416 e. The smallest absolute Gasteiger partial charge is 0.416 e. The largest absolute Gasteiger partial charge is 0.481 e. The molecule has 1 aromatic rings. The molecule has 0 saturated carbocycles. The van der Waals surface area contributed by atoms with Crippen molar-refractivity contribution >= 4 is 40.5 Å². The molecule has 0 radical (unpaired) electrons. The summed E-state index contributed by atoms with van der Waals surface area (Å²) >= 11 is 6.60. The molecule has 0 atom stereocenters. The standard InChI is InChI=1S/C13H12ClF3N2O3S/c14-9-6-7(13(15,16)17)3-4-8(9)11(18)22-12(19)23-5-1-2-10(20)21/h3-4,6,18-19H,1-2,5H2,(H,20,21). The lowest BCUT2D eigenvalue weighted by molar-refractivity contribution is -0.138. The first-order chi connectivity index (χ1) is 10.6. The van der Waals surface area contributed by atoms with Crippen LogP contribution in [0.1, 0.15) is 24.0 Å². The number of hydrogen-bond acceptors (Lipinski definition) is 5. The van der Waals surface area contributed by atoms with Gasteiger partial charge >= 0.3 is 12.1 Å². The molecule has 0 saturated heterocycles. The SMILES string of the molecule is N=C(OC(=N)c1ccc(C(F)(F)F)cc1Cl)SCCCC(=O)O. The van der Waals surface area contributed by atoms with Gasteiger partial charge in [-0.2, -0.15) is 13.2 Å². The summed E-state index contributed by atoms with van der Waals surface area (Å²) in [5.41, 5.74) is -1.02. The molecule has 1 aromatic carbocycles. The molecular weight excluding hydrogens is 357 g/mol. The average Bonchev–Trinajstić information content (AvgIpc) is 2.42. The monoisotopic (exact) mass is 368 g/mol. The van der Waals surface area contributed by atoms with Crippen LogP contribution in [0, 0.1) is 10.8 Å². The van der Waals surface area contributed by atoms with E-state index in [1.807, 2.05) is 0 Å². The van der Waals surface area contributed by atoms with Crippen LogP contribution in [0.5, 0.6) is 0 Å². The summed E-state index contributed by atoms with van der Waals surface area (Å²) in [6, 6.07) is 2.44. The van der Waals surface area contributed by atoms with Gasteiger partial charge < -0.3 is 9.84 Å². The first kappa shape index (κ1) is 19.3. The Balaban J connectivity index is 2.61. The molecule has 0 aromatic heterocycles. The molecule has 126 valence electrons. The number of carboxylic acid groups (broad SMARTS) is 1. The molecule has 23 heavy (non-hydrogen) atoms. The van der Waals surface area contributed by atoms with Crippen LogP contribution in [-0.2, 0) is 15.7 Å². The molecule has 3 N–H and O–H groups in total. The summed E-state index contributed by atoms with van der Waals surface area (Å²) in [6.45, 7) is 0. The zero-order valence-corrected chi connectivity index (χ0v) is 13.1. The number of carbonyl (C=O) groups is 1. The van der Waals surface area contributed by atoms with Crippen molar-refractivity contribution < 1.29 is 27.8 Å². The Bertz CT molecular complexity index is 623. The van der Waals surface area contributed by atoms with Crippen LogP contribution in [0.3, 0.4) is 0 Å². The third-order valence-electron chi connectivity index (χ3n) is 2.50. The fraction of sp³-hybridized carbons (Fsp3) is 0.308. The second kappa shape index (κ2) is 8.21. The zero-order chi connectivity index (χ0) is 17.6. The van der Waals surface area contributed by atoms with Gasteiger partial charge in [0.05, 0.1) is 16.1 Å². The summed E-state index contributed by atoms with van der Waals surface area (Å²) in [5.74, 6) is -1.21. The Kier molecular flexibility index (Phi) is 6.89. The highest BCUT2D eigenvalue weighted by atomic mass is 35.5. The average molecular weight is 369 g/mol. The predicted octanol–water partition coefficient (Wildman–Crippen LogP) is 4.23. The molecule has 0 aliphatic heterocycles. The maximum absolute atomic E-state index is 12.5. The van der Waals surface area contributed by atoms with E-state index in [0.29, 0.717) is 18.2 Å². The van der Waals surface area contributed by atoms with Gasteiger partial charge in [-0.15, -0.1) is 0 Å². The molecule has 0 spiro atoms. The third-order valence-corrected chi connectivity index (χ3v) is 3.65. The van der Waals surface area contributed by atoms with Crippen LogP contribution in [0.4, 0.5) is 13.2 Å². The molecule has 1 rings (SSSR count).